The van der Waals surface area contributed by atoms with Crippen molar-refractivity contribution in [1.29, 1.82) is 0 Å². The summed E-state index contributed by atoms with van der Waals surface area (Å²) in [5.74, 6) is 0.230. The van der Waals surface area contributed by atoms with Crippen LogP contribution in [-0.2, 0) is 21.5 Å². The lowest BCUT2D eigenvalue weighted by atomic mass is 10.1. The predicted octanol–water partition coefficient (Wildman–Crippen LogP) is 6.78. The Morgan fingerprint density at radius 1 is 1.00 bits per heavy atom. The number of halogens is 3. The van der Waals surface area contributed by atoms with Gasteiger partial charge in [0.25, 0.3) is 11.1 Å². The number of thioether (sulfide) groups is 1. The second-order valence-electron chi connectivity index (χ2n) is 8.32. The summed E-state index contributed by atoms with van der Waals surface area (Å²) in [5, 5.41) is 0.112. The Kier molecular flexibility index (Phi) is 8.12. The average molecular weight is 643 g/mol. The summed E-state index contributed by atoms with van der Waals surface area (Å²) in [6.45, 7) is 1.86. The number of ether oxygens (including phenoxy) is 3. The maximum Gasteiger partial charge on any atom is 0.339 e. The minimum atomic E-state index is -4.26. The van der Waals surface area contributed by atoms with E-state index in [1.807, 2.05) is 0 Å². The molecular formula is C26H18Cl3NO8S2. The first-order valence-corrected chi connectivity index (χ1v) is 14.9. The van der Waals surface area contributed by atoms with E-state index in [1.165, 1.54) is 42.5 Å². The summed E-state index contributed by atoms with van der Waals surface area (Å²) >= 11 is 19.3. The third-order valence-electron chi connectivity index (χ3n) is 5.67. The molecule has 2 amide bonds. The van der Waals surface area contributed by atoms with Crippen LogP contribution >= 0.6 is 46.6 Å². The molecule has 9 nitrogen and oxygen atoms in total. The van der Waals surface area contributed by atoms with Crippen LogP contribution in [0.3, 0.4) is 0 Å². The van der Waals surface area contributed by atoms with Crippen molar-refractivity contribution in [2.45, 2.75) is 18.4 Å². The van der Waals surface area contributed by atoms with Crippen LogP contribution in [0.2, 0.25) is 15.1 Å². The number of nitrogens with zero attached hydrogens (tertiary/aromatic N) is 1. The summed E-state index contributed by atoms with van der Waals surface area (Å²) in [6.07, 6.45) is 1.46. The molecule has 208 valence electrons. The van der Waals surface area contributed by atoms with Crippen LogP contribution in [0.4, 0.5) is 4.79 Å². The number of amides is 2. The zero-order valence-corrected chi connectivity index (χ0v) is 24.4. The molecule has 2 aliphatic heterocycles. The van der Waals surface area contributed by atoms with Gasteiger partial charge in [-0.15, -0.1) is 0 Å². The maximum absolute atomic E-state index is 13.1. The molecule has 14 heteroatoms. The van der Waals surface area contributed by atoms with Crippen LogP contribution in [-0.4, -0.2) is 37.9 Å². The highest BCUT2D eigenvalue weighted by Crippen LogP contribution is 2.42. The van der Waals surface area contributed by atoms with E-state index in [1.54, 1.807) is 19.1 Å². The van der Waals surface area contributed by atoms with E-state index >= 15 is 0 Å². The number of carbonyl (C=O) groups excluding carboxylic acids is 2. The fraction of sp³-hybridized carbons (Fsp3) is 0.154. The molecule has 2 heterocycles. The van der Waals surface area contributed by atoms with Crippen molar-refractivity contribution < 1.29 is 36.4 Å². The van der Waals surface area contributed by atoms with Gasteiger partial charge in [0.15, 0.2) is 17.2 Å². The molecule has 0 unspecified atom stereocenters. The first-order valence-electron chi connectivity index (χ1n) is 11.6. The van der Waals surface area contributed by atoms with Gasteiger partial charge in [0, 0.05) is 16.1 Å². The number of rotatable bonds is 8. The van der Waals surface area contributed by atoms with Gasteiger partial charge in [-0.25, -0.2) is 0 Å². The zero-order valence-electron chi connectivity index (χ0n) is 20.5. The molecular weight excluding hydrogens is 625 g/mol. The second-order valence-corrected chi connectivity index (χ2v) is 12.1. The molecule has 0 N–H and O–H groups in total. The third kappa shape index (κ3) is 5.84. The Balaban J connectivity index is 1.40. The molecule has 0 saturated carbocycles. The quantitative estimate of drug-likeness (QED) is 0.194. The summed E-state index contributed by atoms with van der Waals surface area (Å²) in [7, 11) is -4.26. The standard InChI is InChI=1S/C26H18Cl3NO8S2/c1-2-35-22-8-14(7-19(29)24(22)38-40(33,34)17-5-3-16(27)4-6-17)9-23-25(31)30(26(32)39-23)12-15-10-20-21(11-18(15)28)37-13-36-20/h3-11H,2,12-13H2,1H3/b23-9-. The molecule has 3 aromatic carbocycles. The first kappa shape index (κ1) is 28.4. The van der Waals surface area contributed by atoms with Crippen molar-refractivity contribution >= 4 is 73.9 Å². The van der Waals surface area contributed by atoms with Gasteiger partial charge in [0.05, 0.1) is 23.1 Å². The van der Waals surface area contributed by atoms with Gasteiger partial charge in [-0.3, -0.25) is 14.5 Å². The summed E-state index contributed by atoms with van der Waals surface area (Å²) < 4.78 is 47.2. The number of imide groups is 1. The van der Waals surface area contributed by atoms with Gasteiger partial charge >= 0.3 is 10.1 Å². The largest absolute Gasteiger partial charge is 0.490 e. The van der Waals surface area contributed by atoms with Gasteiger partial charge in [0.1, 0.15) is 4.90 Å². The molecule has 0 radical (unpaired) electrons. The molecule has 5 rings (SSSR count). The predicted molar refractivity (Wildman–Crippen MR) is 151 cm³/mol. The molecule has 0 spiro atoms. The fourth-order valence-electron chi connectivity index (χ4n) is 3.81. The van der Waals surface area contributed by atoms with Crippen molar-refractivity contribution in [3.63, 3.8) is 0 Å². The lowest BCUT2D eigenvalue weighted by molar-refractivity contribution is -0.123. The highest BCUT2D eigenvalue weighted by Gasteiger charge is 2.36. The summed E-state index contributed by atoms with van der Waals surface area (Å²) in [6, 6.07) is 11.5. The van der Waals surface area contributed by atoms with E-state index in [2.05, 4.69) is 0 Å². The number of fused-ring (bicyclic) bond motifs is 1. The third-order valence-corrected chi connectivity index (χ3v) is 8.70. The topological polar surface area (TPSA) is 108 Å². The molecule has 1 saturated heterocycles. The van der Waals surface area contributed by atoms with Gasteiger partial charge in [0.2, 0.25) is 12.5 Å². The first-order chi connectivity index (χ1) is 19.1. The van der Waals surface area contributed by atoms with E-state index in [4.69, 9.17) is 53.2 Å². The molecule has 0 aromatic heterocycles. The number of hydrogen-bond donors (Lipinski definition) is 0. The highest BCUT2D eigenvalue weighted by molar-refractivity contribution is 8.18. The molecule has 1 fully saturated rings. The van der Waals surface area contributed by atoms with Crippen LogP contribution in [0.1, 0.15) is 18.1 Å². The molecule has 40 heavy (non-hydrogen) atoms. The SMILES string of the molecule is CCOc1cc(/C=C2\SC(=O)N(Cc3cc4c(cc3Cl)OCO4)C2=O)cc(Cl)c1OS(=O)(=O)c1ccc(Cl)cc1. The Morgan fingerprint density at radius 3 is 2.40 bits per heavy atom. The summed E-state index contributed by atoms with van der Waals surface area (Å²) in [4.78, 5) is 26.9. The van der Waals surface area contributed by atoms with Crippen LogP contribution in [0.25, 0.3) is 6.08 Å². The maximum atomic E-state index is 13.1. The Bertz CT molecular complexity index is 1660. The average Bonchev–Trinajstić information content (AvgIpc) is 3.45. The van der Waals surface area contributed by atoms with Crippen molar-refractivity contribution in [3.05, 3.63) is 79.6 Å². The van der Waals surface area contributed by atoms with E-state index in [0.29, 0.717) is 32.7 Å². The molecule has 3 aromatic rings. The lowest BCUT2D eigenvalue weighted by Gasteiger charge is -2.15. The van der Waals surface area contributed by atoms with Crippen molar-refractivity contribution in [2.75, 3.05) is 13.4 Å². The van der Waals surface area contributed by atoms with Gasteiger partial charge < -0.3 is 18.4 Å². The molecule has 0 bridgehead atoms. The minimum absolute atomic E-state index is 0.0326. The highest BCUT2D eigenvalue weighted by atomic mass is 35.5. The fourth-order valence-corrected chi connectivity index (χ4v) is 6.25. The Hall–Kier alpha value is -3.09. The van der Waals surface area contributed by atoms with Gasteiger partial charge in [-0.05, 0) is 78.4 Å². The molecule has 0 atom stereocenters. The zero-order chi connectivity index (χ0) is 28.6. The van der Waals surface area contributed by atoms with E-state index < -0.39 is 21.3 Å². The number of benzene rings is 3. The van der Waals surface area contributed by atoms with E-state index in [0.717, 1.165) is 16.7 Å². The van der Waals surface area contributed by atoms with Crippen LogP contribution in [0.5, 0.6) is 23.0 Å². The summed E-state index contributed by atoms with van der Waals surface area (Å²) in [5.41, 5.74) is 0.899. The molecule has 0 aliphatic carbocycles. The van der Waals surface area contributed by atoms with Crippen molar-refractivity contribution in [1.82, 2.24) is 4.90 Å². The number of hydrogen-bond acceptors (Lipinski definition) is 9. The Morgan fingerprint density at radius 2 is 1.70 bits per heavy atom. The van der Waals surface area contributed by atoms with Crippen LogP contribution in [0.15, 0.2) is 58.3 Å². The van der Waals surface area contributed by atoms with E-state index in [-0.39, 0.29) is 46.3 Å². The van der Waals surface area contributed by atoms with Crippen molar-refractivity contribution in [3.8, 4) is 23.0 Å². The lowest BCUT2D eigenvalue weighted by Crippen LogP contribution is -2.27. The second kappa shape index (κ2) is 11.4. The van der Waals surface area contributed by atoms with Crippen LogP contribution < -0.4 is 18.4 Å². The smallest absolute Gasteiger partial charge is 0.339 e. The Labute approximate surface area is 248 Å². The molecule has 2 aliphatic rings. The normalized spacial score (nSPS) is 15.7. The van der Waals surface area contributed by atoms with Gasteiger partial charge in [-0.1, -0.05) is 34.8 Å². The van der Waals surface area contributed by atoms with Gasteiger partial charge in [-0.2, -0.15) is 8.42 Å². The van der Waals surface area contributed by atoms with E-state index in [9.17, 15) is 18.0 Å². The monoisotopic (exact) mass is 641 g/mol. The number of carbonyl (C=O) groups is 2. The van der Waals surface area contributed by atoms with Crippen molar-refractivity contribution in [2.24, 2.45) is 0 Å². The minimum Gasteiger partial charge on any atom is -0.490 e. The van der Waals surface area contributed by atoms with Crippen LogP contribution in [0, 0.1) is 0 Å².